The van der Waals surface area contributed by atoms with Crippen molar-refractivity contribution >= 4 is 0 Å². The summed E-state index contributed by atoms with van der Waals surface area (Å²) in [6.07, 6.45) is 0. The minimum Gasteiger partial charge on any atom is -0.497 e. The first-order valence-corrected chi connectivity index (χ1v) is 6.49. The lowest BCUT2D eigenvalue weighted by Gasteiger charge is -2.46. The molecular formula is C15H23NO3. The molecule has 1 aliphatic rings. The number of nitrogens with zero attached hydrogens (tertiary/aromatic N) is 1. The Morgan fingerprint density at radius 2 is 1.58 bits per heavy atom. The number of hydrogen-bond donors (Lipinski definition) is 0. The molecule has 1 aromatic rings. The maximum atomic E-state index is 6.06. The summed E-state index contributed by atoms with van der Waals surface area (Å²) >= 11 is 0. The number of methoxy groups -OCH3 is 1. The Balaban J connectivity index is 2.29. The molecule has 0 bridgehead atoms. The van der Waals surface area contributed by atoms with Crippen molar-refractivity contribution in [1.29, 1.82) is 0 Å². The van der Waals surface area contributed by atoms with Crippen LogP contribution in [0.2, 0.25) is 0 Å². The van der Waals surface area contributed by atoms with E-state index in [0.717, 1.165) is 11.3 Å². The molecule has 106 valence electrons. The van der Waals surface area contributed by atoms with E-state index in [9.17, 15) is 0 Å². The number of hydrogen-bond acceptors (Lipinski definition) is 4. The van der Waals surface area contributed by atoms with Crippen molar-refractivity contribution in [3.05, 3.63) is 29.8 Å². The molecule has 0 unspecified atom stereocenters. The molecule has 0 atom stereocenters. The summed E-state index contributed by atoms with van der Waals surface area (Å²) < 4.78 is 17.3. The molecule has 1 saturated heterocycles. The Kier molecular flexibility index (Phi) is 3.85. The lowest BCUT2D eigenvalue weighted by atomic mass is 9.94. The predicted octanol–water partition coefficient (Wildman–Crippen LogP) is 2.44. The highest BCUT2D eigenvalue weighted by Crippen LogP contribution is 2.38. The summed E-state index contributed by atoms with van der Waals surface area (Å²) in [7, 11) is 5.58. The second kappa shape index (κ2) is 5.12. The highest BCUT2D eigenvalue weighted by molar-refractivity contribution is 5.29. The molecule has 1 heterocycles. The fourth-order valence-electron chi connectivity index (χ4n) is 2.15. The third kappa shape index (κ3) is 2.76. The van der Waals surface area contributed by atoms with Crippen LogP contribution in [0.25, 0.3) is 0 Å². The minimum absolute atomic E-state index is 0.0476. The first-order valence-electron chi connectivity index (χ1n) is 6.49. The van der Waals surface area contributed by atoms with Gasteiger partial charge in [0.05, 0.1) is 20.3 Å². The average molecular weight is 265 g/mol. The molecule has 1 aliphatic heterocycles. The van der Waals surface area contributed by atoms with E-state index in [2.05, 4.69) is 13.8 Å². The van der Waals surface area contributed by atoms with Crippen LogP contribution in [-0.2, 0) is 15.4 Å². The Hall–Kier alpha value is -1.10. The second-order valence-electron chi connectivity index (χ2n) is 5.95. The largest absolute Gasteiger partial charge is 0.497 e. The van der Waals surface area contributed by atoms with Crippen LogP contribution in [-0.4, -0.2) is 39.3 Å². The first-order chi connectivity index (χ1) is 8.89. The van der Waals surface area contributed by atoms with E-state index in [1.165, 1.54) is 0 Å². The molecule has 0 spiro atoms. The van der Waals surface area contributed by atoms with Crippen LogP contribution in [0, 0.1) is 5.41 Å². The zero-order valence-corrected chi connectivity index (χ0v) is 12.4. The molecule has 19 heavy (non-hydrogen) atoms. The van der Waals surface area contributed by atoms with Gasteiger partial charge in [0.15, 0.2) is 0 Å². The van der Waals surface area contributed by atoms with Gasteiger partial charge in [-0.05, 0) is 38.4 Å². The fraction of sp³-hybridized carbons (Fsp3) is 0.600. The summed E-state index contributed by atoms with van der Waals surface area (Å²) in [5.41, 5.74) is 1.03. The van der Waals surface area contributed by atoms with Crippen LogP contribution < -0.4 is 4.74 Å². The summed E-state index contributed by atoms with van der Waals surface area (Å²) in [4.78, 5) is 1.96. The van der Waals surface area contributed by atoms with Gasteiger partial charge in [-0.3, -0.25) is 4.90 Å². The van der Waals surface area contributed by atoms with Gasteiger partial charge in [0.25, 0.3) is 5.91 Å². The SMILES string of the molecule is COc1ccc(C2(N(C)C)OCC(C)(C)CO2)cc1. The van der Waals surface area contributed by atoms with E-state index < -0.39 is 5.91 Å². The van der Waals surface area contributed by atoms with Gasteiger partial charge in [-0.25, -0.2) is 0 Å². The number of benzene rings is 1. The van der Waals surface area contributed by atoms with Gasteiger partial charge in [-0.2, -0.15) is 0 Å². The molecule has 0 amide bonds. The summed E-state index contributed by atoms with van der Waals surface area (Å²) in [5.74, 6) is 0.0238. The van der Waals surface area contributed by atoms with Crippen LogP contribution >= 0.6 is 0 Å². The van der Waals surface area contributed by atoms with E-state index >= 15 is 0 Å². The van der Waals surface area contributed by atoms with Crippen LogP contribution in [0.4, 0.5) is 0 Å². The third-order valence-electron chi connectivity index (χ3n) is 3.36. The highest BCUT2D eigenvalue weighted by atomic mass is 16.7. The Bertz CT molecular complexity index is 416. The molecule has 0 radical (unpaired) electrons. The van der Waals surface area contributed by atoms with Gasteiger partial charge in [-0.1, -0.05) is 13.8 Å². The van der Waals surface area contributed by atoms with Gasteiger partial charge in [0, 0.05) is 11.0 Å². The van der Waals surface area contributed by atoms with Crippen molar-refractivity contribution < 1.29 is 14.2 Å². The number of ether oxygens (including phenoxy) is 3. The smallest absolute Gasteiger partial charge is 0.257 e. The fourth-order valence-corrected chi connectivity index (χ4v) is 2.15. The topological polar surface area (TPSA) is 30.9 Å². The molecule has 0 saturated carbocycles. The minimum atomic E-state index is -0.804. The molecule has 1 fully saturated rings. The maximum Gasteiger partial charge on any atom is 0.257 e. The molecule has 1 aromatic carbocycles. The van der Waals surface area contributed by atoms with E-state index in [1.54, 1.807) is 7.11 Å². The van der Waals surface area contributed by atoms with Gasteiger partial charge >= 0.3 is 0 Å². The maximum absolute atomic E-state index is 6.06. The van der Waals surface area contributed by atoms with Gasteiger partial charge in [0.2, 0.25) is 0 Å². The summed E-state index contributed by atoms with van der Waals surface area (Å²) in [6, 6.07) is 7.81. The van der Waals surface area contributed by atoms with E-state index in [1.807, 2.05) is 43.3 Å². The molecule has 0 aliphatic carbocycles. The van der Waals surface area contributed by atoms with Gasteiger partial charge < -0.3 is 14.2 Å². The van der Waals surface area contributed by atoms with Crippen molar-refractivity contribution in [2.75, 3.05) is 34.4 Å². The van der Waals surface area contributed by atoms with E-state index in [4.69, 9.17) is 14.2 Å². The third-order valence-corrected chi connectivity index (χ3v) is 3.36. The highest BCUT2D eigenvalue weighted by Gasteiger charge is 2.44. The Labute approximate surface area is 115 Å². The average Bonchev–Trinajstić information content (AvgIpc) is 2.39. The van der Waals surface area contributed by atoms with Crippen LogP contribution in [0.15, 0.2) is 24.3 Å². The van der Waals surface area contributed by atoms with E-state index in [-0.39, 0.29) is 5.41 Å². The monoisotopic (exact) mass is 265 g/mol. The molecular weight excluding hydrogens is 242 g/mol. The van der Waals surface area contributed by atoms with Gasteiger partial charge in [0.1, 0.15) is 5.75 Å². The van der Waals surface area contributed by atoms with Crippen molar-refractivity contribution in [3.8, 4) is 5.75 Å². The zero-order chi connectivity index (χ0) is 14.1. The van der Waals surface area contributed by atoms with Crippen molar-refractivity contribution in [3.63, 3.8) is 0 Å². The number of rotatable bonds is 3. The summed E-state index contributed by atoms with van der Waals surface area (Å²) in [5, 5.41) is 0. The molecule has 2 rings (SSSR count). The van der Waals surface area contributed by atoms with E-state index in [0.29, 0.717) is 13.2 Å². The Morgan fingerprint density at radius 1 is 1.05 bits per heavy atom. The van der Waals surface area contributed by atoms with Crippen molar-refractivity contribution in [2.45, 2.75) is 19.8 Å². The van der Waals surface area contributed by atoms with Crippen LogP contribution in [0.5, 0.6) is 5.75 Å². The quantitative estimate of drug-likeness (QED) is 0.840. The lowest BCUT2D eigenvalue weighted by molar-refractivity contribution is -0.366. The first kappa shape index (κ1) is 14.3. The zero-order valence-electron chi connectivity index (χ0n) is 12.4. The summed E-state index contributed by atoms with van der Waals surface area (Å²) in [6.45, 7) is 5.61. The normalized spacial score (nSPS) is 21.4. The lowest BCUT2D eigenvalue weighted by Crippen LogP contribution is -2.53. The van der Waals surface area contributed by atoms with Crippen LogP contribution in [0.3, 0.4) is 0 Å². The van der Waals surface area contributed by atoms with Crippen molar-refractivity contribution in [2.24, 2.45) is 5.41 Å². The van der Waals surface area contributed by atoms with Gasteiger partial charge in [-0.15, -0.1) is 0 Å². The van der Waals surface area contributed by atoms with Crippen molar-refractivity contribution in [1.82, 2.24) is 4.90 Å². The second-order valence-corrected chi connectivity index (χ2v) is 5.95. The van der Waals surface area contributed by atoms with Crippen LogP contribution in [0.1, 0.15) is 19.4 Å². The molecule has 4 nitrogen and oxygen atoms in total. The predicted molar refractivity (Wildman–Crippen MR) is 74.0 cm³/mol. The molecule has 0 aromatic heterocycles. The molecule has 4 heteroatoms. The Morgan fingerprint density at radius 3 is 2.00 bits per heavy atom. The molecule has 0 N–H and O–H groups in total. The standard InChI is InChI=1S/C15H23NO3/c1-14(2)10-18-15(16(3)4,19-11-14)12-6-8-13(17-5)9-7-12/h6-9H,10-11H2,1-5H3.